The quantitative estimate of drug-likeness (QED) is 0.669. The summed E-state index contributed by atoms with van der Waals surface area (Å²) in [6, 6.07) is 2.04. The number of rotatable bonds is 1. The highest BCUT2D eigenvalue weighted by atomic mass is 32.1. The molecule has 0 aliphatic carbocycles. The molecule has 2 heterocycles. The van der Waals surface area contributed by atoms with Crippen molar-refractivity contribution < 1.29 is 0 Å². The molecule has 0 spiro atoms. The molecule has 0 fully saturated rings. The minimum atomic E-state index is 0.931. The molecule has 0 unspecified atom stereocenters. The summed E-state index contributed by atoms with van der Waals surface area (Å²) in [7, 11) is 0. The predicted molar refractivity (Wildman–Crippen MR) is 48.7 cm³/mol. The molecule has 0 aliphatic rings. The van der Waals surface area contributed by atoms with Crippen LogP contribution in [-0.2, 0) is 0 Å². The van der Waals surface area contributed by atoms with Crippen molar-refractivity contribution in [2.24, 2.45) is 0 Å². The number of nitrogens with zero attached hydrogens (tertiary/aromatic N) is 3. The molecule has 0 aromatic carbocycles. The van der Waals surface area contributed by atoms with Crippen molar-refractivity contribution in [3.05, 3.63) is 29.0 Å². The largest absolute Gasteiger partial charge is 0.227 e. The zero-order chi connectivity index (χ0) is 8.55. The zero-order valence-electron chi connectivity index (χ0n) is 6.98. The van der Waals surface area contributed by atoms with Gasteiger partial charge in [0.2, 0.25) is 5.13 Å². The number of hydrogen-bond donors (Lipinski definition) is 0. The van der Waals surface area contributed by atoms with E-state index >= 15 is 0 Å². The molecular formula is C8H9N3S. The Bertz CT molecular complexity index is 375. The van der Waals surface area contributed by atoms with Crippen LogP contribution < -0.4 is 0 Å². The zero-order valence-corrected chi connectivity index (χ0v) is 7.80. The second kappa shape index (κ2) is 2.71. The Balaban J connectivity index is 2.54. The van der Waals surface area contributed by atoms with E-state index in [4.69, 9.17) is 0 Å². The normalized spacial score (nSPS) is 10.5. The van der Waals surface area contributed by atoms with Crippen molar-refractivity contribution in [2.75, 3.05) is 0 Å². The van der Waals surface area contributed by atoms with Crippen molar-refractivity contribution in [1.82, 2.24) is 14.8 Å². The average molecular weight is 179 g/mol. The second-order valence-electron chi connectivity index (χ2n) is 2.65. The van der Waals surface area contributed by atoms with Crippen LogP contribution in [0.4, 0.5) is 0 Å². The molecule has 2 aromatic rings. The van der Waals surface area contributed by atoms with Gasteiger partial charge in [0.25, 0.3) is 0 Å². The van der Waals surface area contributed by atoms with Crippen molar-refractivity contribution in [3.8, 4) is 5.13 Å². The first-order chi connectivity index (χ1) is 5.77. The van der Waals surface area contributed by atoms with Gasteiger partial charge in [-0.05, 0) is 19.9 Å². The number of aromatic nitrogens is 3. The number of hydrogen-bond acceptors (Lipinski definition) is 3. The van der Waals surface area contributed by atoms with Crippen LogP contribution in [0.3, 0.4) is 0 Å². The van der Waals surface area contributed by atoms with Crippen LogP contribution in [-0.4, -0.2) is 14.8 Å². The molecule has 0 amide bonds. The topological polar surface area (TPSA) is 30.7 Å². The van der Waals surface area contributed by atoms with E-state index in [1.54, 1.807) is 17.5 Å². The van der Waals surface area contributed by atoms with Crippen molar-refractivity contribution in [1.29, 1.82) is 0 Å². The molecule has 0 saturated heterocycles. The lowest BCUT2D eigenvalue weighted by atomic mass is 10.4. The first-order valence-electron chi connectivity index (χ1n) is 3.70. The van der Waals surface area contributed by atoms with Gasteiger partial charge in [-0.3, -0.25) is 0 Å². The minimum absolute atomic E-state index is 0.931. The third kappa shape index (κ3) is 1.14. The summed E-state index contributed by atoms with van der Waals surface area (Å²) in [5.41, 5.74) is 2.16. The lowest BCUT2D eigenvalue weighted by molar-refractivity contribution is 0.825. The van der Waals surface area contributed by atoms with Crippen LogP contribution in [0.25, 0.3) is 5.13 Å². The molecule has 62 valence electrons. The van der Waals surface area contributed by atoms with Gasteiger partial charge in [0, 0.05) is 17.3 Å². The summed E-state index contributed by atoms with van der Waals surface area (Å²) in [4.78, 5) is 4.18. The lowest BCUT2D eigenvalue weighted by Crippen LogP contribution is -1.97. The Morgan fingerprint density at radius 3 is 2.75 bits per heavy atom. The van der Waals surface area contributed by atoms with Gasteiger partial charge in [-0.15, -0.1) is 11.3 Å². The predicted octanol–water partition coefficient (Wildman–Crippen LogP) is 1.95. The van der Waals surface area contributed by atoms with E-state index in [0.717, 1.165) is 16.5 Å². The third-order valence-electron chi connectivity index (χ3n) is 1.61. The van der Waals surface area contributed by atoms with E-state index in [2.05, 4.69) is 10.1 Å². The first-order valence-corrected chi connectivity index (χ1v) is 4.58. The molecule has 4 heteroatoms. The van der Waals surface area contributed by atoms with Crippen molar-refractivity contribution in [3.63, 3.8) is 0 Å². The van der Waals surface area contributed by atoms with E-state index in [-0.39, 0.29) is 0 Å². The smallest absolute Gasteiger partial charge is 0.210 e. The maximum absolute atomic E-state index is 4.32. The highest BCUT2D eigenvalue weighted by Gasteiger charge is 2.04. The Hall–Kier alpha value is -1.16. The van der Waals surface area contributed by atoms with E-state index in [9.17, 15) is 0 Å². The van der Waals surface area contributed by atoms with Crippen LogP contribution in [0.2, 0.25) is 0 Å². The monoisotopic (exact) mass is 179 g/mol. The molecule has 0 atom stereocenters. The van der Waals surface area contributed by atoms with Gasteiger partial charge in [0.15, 0.2) is 0 Å². The molecule has 0 saturated carbocycles. The van der Waals surface area contributed by atoms with Crippen molar-refractivity contribution >= 4 is 11.3 Å². The molecule has 0 radical (unpaired) electrons. The Morgan fingerprint density at radius 1 is 1.42 bits per heavy atom. The van der Waals surface area contributed by atoms with Crippen LogP contribution in [0.1, 0.15) is 11.4 Å². The Kier molecular flexibility index (Phi) is 1.69. The van der Waals surface area contributed by atoms with Gasteiger partial charge >= 0.3 is 0 Å². The molecule has 0 aliphatic heterocycles. The van der Waals surface area contributed by atoms with Gasteiger partial charge in [0.05, 0.1) is 5.69 Å². The van der Waals surface area contributed by atoms with E-state index in [1.165, 1.54) is 0 Å². The molecule has 2 rings (SSSR count). The lowest BCUT2D eigenvalue weighted by Gasteiger charge is -1.96. The highest BCUT2D eigenvalue weighted by Crippen LogP contribution is 2.13. The van der Waals surface area contributed by atoms with E-state index in [1.807, 2.05) is 30.0 Å². The van der Waals surface area contributed by atoms with Gasteiger partial charge in [0.1, 0.15) is 0 Å². The Morgan fingerprint density at radius 2 is 2.25 bits per heavy atom. The number of aryl methyl sites for hydroxylation is 2. The van der Waals surface area contributed by atoms with Crippen LogP contribution in [0.5, 0.6) is 0 Å². The standard InChI is InChI=1S/C8H9N3S/c1-6-5-7(2)11(10-6)8-9-3-4-12-8/h3-5H,1-2H3. The van der Waals surface area contributed by atoms with Crippen LogP contribution >= 0.6 is 11.3 Å². The highest BCUT2D eigenvalue weighted by molar-refractivity contribution is 7.12. The summed E-state index contributed by atoms with van der Waals surface area (Å²) in [5, 5.41) is 7.20. The number of thiazole rings is 1. The summed E-state index contributed by atoms with van der Waals surface area (Å²) in [6.45, 7) is 4.01. The fraction of sp³-hybridized carbons (Fsp3) is 0.250. The van der Waals surface area contributed by atoms with E-state index in [0.29, 0.717) is 0 Å². The van der Waals surface area contributed by atoms with E-state index < -0.39 is 0 Å². The Labute approximate surface area is 74.7 Å². The fourth-order valence-electron chi connectivity index (χ4n) is 1.14. The molecule has 0 bridgehead atoms. The van der Waals surface area contributed by atoms with Gasteiger partial charge in [-0.2, -0.15) is 5.10 Å². The fourth-order valence-corrected chi connectivity index (χ4v) is 1.79. The summed E-state index contributed by atoms with van der Waals surface area (Å²) < 4.78 is 1.86. The minimum Gasteiger partial charge on any atom is -0.227 e. The van der Waals surface area contributed by atoms with Crippen LogP contribution in [0, 0.1) is 13.8 Å². The first kappa shape index (κ1) is 7.49. The molecule has 3 nitrogen and oxygen atoms in total. The third-order valence-corrected chi connectivity index (χ3v) is 2.36. The summed E-state index contributed by atoms with van der Waals surface area (Å²) in [5.74, 6) is 0. The summed E-state index contributed by atoms with van der Waals surface area (Å²) >= 11 is 1.59. The average Bonchev–Trinajstić information content (AvgIpc) is 2.58. The second-order valence-corrected chi connectivity index (χ2v) is 3.53. The van der Waals surface area contributed by atoms with Gasteiger partial charge in [-0.1, -0.05) is 0 Å². The van der Waals surface area contributed by atoms with Gasteiger partial charge in [-0.25, -0.2) is 9.67 Å². The maximum Gasteiger partial charge on any atom is 0.210 e. The summed E-state index contributed by atoms with van der Waals surface area (Å²) in [6.07, 6.45) is 1.79. The molecule has 2 aromatic heterocycles. The van der Waals surface area contributed by atoms with Crippen LogP contribution in [0.15, 0.2) is 17.6 Å². The molecular weight excluding hydrogens is 170 g/mol. The molecule has 0 N–H and O–H groups in total. The van der Waals surface area contributed by atoms with Crippen molar-refractivity contribution in [2.45, 2.75) is 13.8 Å². The van der Waals surface area contributed by atoms with Gasteiger partial charge < -0.3 is 0 Å². The maximum atomic E-state index is 4.32. The molecule has 12 heavy (non-hydrogen) atoms. The SMILES string of the molecule is Cc1cc(C)n(-c2nccs2)n1.